The predicted molar refractivity (Wildman–Crippen MR) is 57.0 cm³/mol. The van der Waals surface area contributed by atoms with E-state index in [9.17, 15) is 0 Å². The molecule has 1 aromatic heterocycles. The SMILES string of the molecule is Cc1nc(C)n(C(C)CC(C)(N)C#N)n1. The lowest BCUT2D eigenvalue weighted by Gasteiger charge is -2.21. The third-order valence-electron chi connectivity index (χ3n) is 2.30. The zero-order valence-electron chi connectivity index (χ0n) is 9.65. The number of hydrogen-bond acceptors (Lipinski definition) is 4. The van der Waals surface area contributed by atoms with Crippen LogP contribution in [0.3, 0.4) is 0 Å². The van der Waals surface area contributed by atoms with Crippen molar-refractivity contribution in [2.75, 3.05) is 0 Å². The average molecular weight is 207 g/mol. The second-order valence-electron chi connectivity index (χ2n) is 4.23. The van der Waals surface area contributed by atoms with Gasteiger partial charge in [-0.1, -0.05) is 0 Å². The van der Waals surface area contributed by atoms with Gasteiger partial charge in [0.15, 0.2) is 0 Å². The third kappa shape index (κ3) is 2.77. The van der Waals surface area contributed by atoms with Crippen LogP contribution in [-0.2, 0) is 0 Å². The van der Waals surface area contributed by atoms with E-state index in [-0.39, 0.29) is 6.04 Å². The van der Waals surface area contributed by atoms with E-state index in [0.29, 0.717) is 6.42 Å². The van der Waals surface area contributed by atoms with Crippen LogP contribution in [0.5, 0.6) is 0 Å². The van der Waals surface area contributed by atoms with Crippen LogP contribution in [0.4, 0.5) is 0 Å². The summed E-state index contributed by atoms with van der Waals surface area (Å²) in [5.41, 5.74) is 4.97. The van der Waals surface area contributed by atoms with Crippen molar-refractivity contribution in [2.24, 2.45) is 5.73 Å². The van der Waals surface area contributed by atoms with Gasteiger partial charge in [0, 0.05) is 6.42 Å². The fraction of sp³-hybridized carbons (Fsp3) is 0.700. The second-order valence-corrected chi connectivity index (χ2v) is 4.23. The molecule has 1 aromatic rings. The van der Waals surface area contributed by atoms with E-state index in [0.717, 1.165) is 11.6 Å². The minimum Gasteiger partial charge on any atom is -0.314 e. The molecule has 15 heavy (non-hydrogen) atoms. The maximum Gasteiger partial charge on any atom is 0.147 e. The van der Waals surface area contributed by atoms with Crippen LogP contribution < -0.4 is 5.73 Å². The normalized spacial score (nSPS) is 16.8. The van der Waals surface area contributed by atoms with Crippen molar-refractivity contribution in [1.82, 2.24) is 14.8 Å². The molecule has 0 bridgehead atoms. The highest BCUT2D eigenvalue weighted by atomic mass is 15.4. The highest BCUT2D eigenvalue weighted by molar-refractivity contribution is 5.03. The average Bonchev–Trinajstić information content (AvgIpc) is 2.45. The molecule has 0 radical (unpaired) electrons. The van der Waals surface area contributed by atoms with E-state index in [1.165, 1.54) is 0 Å². The summed E-state index contributed by atoms with van der Waals surface area (Å²) in [6.45, 7) is 7.46. The molecule has 2 atom stereocenters. The van der Waals surface area contributed by atoms with E-state index < -0.39 is 5.54 Å². The van der Waals surface area contributed by atoms with Crippen molar-refractivity contribution >= 4 is 0 Å². The Labute approximate surface area is 89.9 Å². The van der Waals surface area contributed by atoms with Gasteiger partial charge >= 0.3 is 0 Å². The van der Waals surface area contributed by atoms with Gasteiger partial charge in [-0.3, -0.25) is 0 Å². The van der Waals surface area contributed by atoms with Crippen molar-refractivity contribution in [1.29, 1.82) is 5.26 Å². The number of nitriles is 1. The Morgan fingerprint density at radius 2 is 2.20 bits per heavy atom. The molecule has 0 aliphatic rings. The lowest BCUT2D eigenvalue weighted by atomic mass is 9.97. The van der Waals surface area contributed by atoms with Gasteiger partial charge in [0.05, 0.1) is 12.1 Å². The van der Waals surface area contributed by atoms with Gasteiger partial charge in [-0.25, -0.2) is 9.67 Å². The highest BCUT2D eigenvalue weighted by Gasteiger charge is 2.23. The maximum atomic E-state index is 8.84. The molecule has 5 nitrogen and oxygen atoms in total. The smallest absolute Gasteiger partial charge is 0.147 e. The first kappa shape index (κ1) is 11.7. The largest absolute Gasteiger partial charge is 0.314 e. The van der Waals surface area contributed by atoms with Gasteiger partial charge in [-0.15, -0.1) is 0 Å². The van der Waals surface area contributed by atoms with Gasteiger partial charge in [0.1, 0.15) is 17.2 Å². The van der Waals surface area contributed by atoms with Crippen molar-refractivity contribution in [3.8, 4) is 6.07 Å². The molecule has 1 heterocycles. The third-order valence-corrected chi connectivity index (χ3v) is 2.30. The number of hydrogen-bond donors (Lipinski definition) is 1. The molecule has 82 valence electrons. The molecule has 0 fully saturated rings. The summed E-state index contributed by atoms with van der Waals surface area (Å²) in [4.78, 5) is 4.22. The molecule has 1 rings (SSSR count). The van der Waals surface area contributed by atoms with E-state index in [2.05, 4.69) is 16.2 Å². The number of nitrogens with zero attached hydrogens (tertiary/aromatic N) is 4. The first-order valence-electron chi connectivity index (χ1n) is 4.95. The molecular formula is C10H17N5. The van der Waals surface area contributed by atoms with Gasteiger partial charge in [-0.05, 0) is 27.7 Å². The maximum absolute atomic E-state index is 8.84. The van der Waals surface area contributed by atoms with E-state index >= 15 is 0 Å². The lowest BCUT2D eigenvalue weighted by molar-refractivity contribution is 0.379. The zero-order chi connectivity index (χ0) is 11.6. The van der Waals surface area contributed by atoms with E-state index in [1.54, 1.807) is 6.92 Å². The fourth-order valence-corrected chi connectivity index (χ4v) is 1.70. The fourth-order valence-electron chi connectivity index (χ4n) is 1.70. The molecule has 0 aromatic carbocycles. The lowest BCUT2D eigenvalue weighted by Crippen LogP contribution is -2.36. The Hall–Kier alpha value is -1.41. The van der Waals surface area contributed by atoms with Crippen LogP contribution in [0.25, 0.3) is 0 Å². The Kier molecular flexibility index (Phi) is 3.10. The summed E-state index contributed by atoms with van der Waals surface area (Å²) < 4.78 is 1.82. The van der Waals surface area contributed by atoms with Crippen molar-refractivity contribution in [3.05, 3.63) is 11.6 Å². The summed E-state index contributed by atoms with van der Waals surface area (Å²) in [7, 11) is 0. The minimum absolute atomic E-state index is 0.0841. The monoisotopic (exact) mass is 207 g/mol. The molecule has 0 saturated heterocycles. The number of aryl methyl sites for hydroxylation is 2. The van der Waals surface area contributed by atoms with Crippen molar-refractivity contribution in [3.63, 3.8) is 0 Å². The van der Waals surface area contributed by atoms with Gasteiger partial charge in [0.2, 0.25) is 0 Å². The zero-order valence-corrected chi connectivity index (χ0v) is 9.65. The van der Waals surface area contributed by atoms with Crippen molar-refractivity contribution < 1.29 is 0 Å². The van der Waals surface area contributed by atoms with Crippen LogP contribution in [0.15, 0.2) is 0 Å². The topological polar surface area (TPSA) is 80.5 Å². The molecule has 2 unspecified atom stereocenters. The number of aromatic nitrogens is 3. The Bertz CT molecular complexity index is 385. The van der Waals surface area contributed by atoms with Gasteiger partial charge < -0.3 is 5.73 Å². The molecule has 0 spiro atoms. The molecule has 0 saturated carbocycles. The summed E-state index contributed by atoms with van der Waals surface area (Å²) in [5, 5.41) is 13.1. The number of nitrogens with two attached hydrogens (primary N) is 1. The van der Waals surface area contributed by atoms with Gasteiger partial charge in [-0.2, -0.15) is 10.4 Å². The summed E-state index contributed by atoms with van der Waals surface area (Å²) in [6.07, 6.45) is 0.563. The number of rotatable bonds is 3. The van der Waals surface area contributed by atoms with Crippen LogP contribution >= 0.6 is 0 Å². The molecule has 2 N–H and O–H groups in total. The standard InChI is InChI=1S/C10H17N5/c1-7(5-10(4,12)6-11)15-9(3)13-8(2)14-15/h7H,5,12H2,1-4H3. The Morgan fingerprint density at radius 1 is 1.60 bits per heavy atom. The summed E-state index contributed by atoms with van der Waals surface area (Å²) in [5.74, 6) is 1.60. The van der Waals surface area contributed by atoms with Crippen molar-refractivity contribution in [2.45, 2.75) is 45.7 Å². The Balaban J connectivity index is 2.83. The van der Waals surface area contributed by atoms with Crippen LogP contribution in [-0.4, -0.2) is 20.3 Å². The Morgan fingerprint density at radius 3 is 2.60 bits per heavy atom. The first-order valence-corrected chi connectivity index (χ1v) is 4.95. The molecule has 0 aliphatic carbocycles. The van der Waals surface area contributed by atoms with Gasteiger partial charge in [0.25, 0.3) is 0 Å². The van der Waals surface area contributed by atoms with E-state index in [1.807, 2.05) is 25.5 Å². The van der Waals surface area contributed by atoms with Crippen LogP contribution in [0.1, 0.15) is 38.0 Å². The van der Waals surface area contributed by atoms with Crippen LogP contribution in [0, 0.1) is 25.2 Å². The molecular weight excluding hydrogens is 190 g/mol. The highest BCUT2D eigenvalue weighted by Crippen LogP contribution is 2.18. The van der Waals surface area contributed by atoms with E-state index in [4.69, 9.17) is 11.0 Å². The molecule has 0 aliphatic heterocycles. The quantitative estimate of drug-likeness (QED) is 0.804. The molecule has 5 heteroatoms. The minimum atomic E-state index is -0.814. The first-order chi connectivity index (χ1) is 6.85. The predicted octanol–water partition coefficient (Wildman–Crippen LogP) is 1.09. The summed E-state index contributed by atoms with van der Waals surface area (Å²) in [6, 6.07) is 2.17. The van der Waals surface area contributed by atoms with Crippen LogP contribution in [0.2, 0.25) is 0 Å². The summed E-state index contributed by atoms with van der Waals surface area (Å²) >= 11 is 0. The molecule has 0 amide bonds. The second kappa shape index (κ2) is 3.99.